The van der Waals surface area contributed by atoms with Gasteiger partial charge in [0.25, 0.3) is 0 Å². The van der Waals surface area contributed by atoms with Gasteiger partial charge in [0.15, 0.2) is 13.7 Å². The van der Waals surface area contributed by atoms with E-state index in [1.165, 1.54) is 0 Å². The minimum atomic E-state index is -2.16. The highest BCUT2D eigenvalue weighted by Crippen LogP contribution is 2.41. The zero-order chi connectivity index (χ0) is 18.4. The molecule has 1 aliphatic rings. The van der Waals surface area contributed by atoms with Gasteiger partial charge >= 0.3 is 11.9 Å². The van der Waals surface area contributed by atoms with Gasteiger partial charge < -0.3 is 20.0 Å². The number of carboxylic acid groups (broad SMARTS) is 2. The Bertz CT molecular complexity index is 511. The summed E-state index contributed by atoms with van der Waals surface area (Å²) in [6, 6.07) is -0.996. The van der Waals surface area contributed by atoms with Crippen LogP contribution in [0, 0.1) is 11.3 Å². The molecule has 0 aromatic heterocycles. The van der Waals surface area contributed by atoms with Crippen LogP contribution < -0.4 is 5.32 Å². The molecule has 1 saturated heterocycles. The first-order valence-corrected chi connectivity index (χ1v) is 10.5. The maximum Gasteiger partial charge on any atom is 0.322 e. The van der Waals surface area contributed by atoms with E-state index < -0.39 is 43.7 Å². The van der Waals surface area contributed by atoms with Gasteiger partial charge in [-0.1, -0.05) is 20.8 Å². The van der Waals surface area contributed by atoms with Gasteiger partial charge in [0.1, 0.15) is 0 Å². The van der Waals surface area contributed by atoms with E-state index in [-0.39, 0.29) is 10.9 Å². The summed E-state index contributed by atoms with van der Waals surface area (Å²) in [6.45, 7) is 13.1. The maximum atomic E-state index is 11.9. The highest BCUT2D eigenvalue weighted by molar-refractivity contribution is 6.74. The number of nitrogens with one attached hydrogen (secondary N) is 1. The van der Waals surface area contributed by atoms with E-state index in [9.17, 15) is 24.6 Å². The number of amides is 1. The molecule has 1 amide bonds. The molecule has 0 saturated carbocycles. The Balaban J connectivity index is 3.05. The van der Waals surface area contributed by atoms with Crippen molar-refractivity contribution in [3.05, 3.63) is 0 Å². The fraction of sp³-hybridized carbons (Fsp3) is 0.800. The molecule has 0 aromatic rings. The van der Waals surface area contributed by atoms with E-state index in [0.29, 0.717) is 0 Å². The molecule has 0 spiro atoms. The number of β-lactam (4-membered cyclic amide) rings is 1. The normalized spacial score (nSPS) is 23.7. The molecule has 0 aromatic carbocycles. The van der Waals surface area contributed by atoms with Gasteiger partial charge in [-0.05, 0) is 32.0 Å². The lowest BCUT2D eigenvalue weighted by Crippen LogP contribution is -2.72. The first kappa shape index (κ1) is 19.6. The van der Waals surface area contributed by atoms with Gasteiger partial charge in [0, 0.05) is 0 Å². The first-order chi connectivity index (χ1) is 10.2. The molecule has 3 N–H and O–H groups in total. The largest absolute Gasteiger partial charge is 0.480 e. The number of hydrogen-bond donors (Lipinski definition) is 3. The summed E-state index contributed by atoms with van der Waals surface area (Å²) in [5, 5.41) is 21.0. The number of carbonyl (C=O) groups excluding carboxylic acids is 1. The molecule has 8 heteroatoms. The van der Waals surface area contributed by atoms with Crippen molar-refractivity contribution >= 4 is 26.2 Å². The fourth-order valence-corrected chi connectivity index (χ4v) is 3.88. The molecule has 1 rings (SSSR count). The van der Waals surface area contributed by atoms with E-state index in [1.54, 1.807) is 6.92 Å². The van der Waals surface area contributed by atoms with E-state index >= 15 is 0 Å². The first-order valence-electron chi connectivity index (χ1n) is 7.61. The van der Waals surface area contributed by atoms with Crippen molar-refractivity contribution in [3.8, 4) is 0 Å². The second-order valence-electron chi connectivity index (χ2n) is 7.91. The molecule has 2 unspecified atom stereocenters. The lowest BCUT2D eigenvalue weighted by molar-refractivity contribution is -0.173. The Labute approximate surface area is 137 Å². The molecule has 7 nitrogen and oxygen atoms in total. The van der Waals surface area contributed by atoms with Gasteiger partial charge in [0.05, 0.1) is 18.1 Å². The van der Waals surface area contributed by atoms with Crippen LogP contribution in [-0.2, 0) is 18.8 Å². The number of rotatable bonds is 6. The van der Waals surface area contributed by atoms with Crippen molar-refractivity contribution in [1.82, 2.24) is 5.32 Å². The maximum absolute atomic E-state index is 11.9. The van der Waals surface area contributed by atoms with Crippen molar-refractivity contribution in [3.63, 3.8) is 0 Å². The summed E-state index contributed by atoms with van der Waals surface area (Å²) in [4.78, 5) is 34.9. The van der Waals surface area contributed by atoms with E-state index in [4.69, 9.17) is 4.43 Å². The molecule has 1 aliphatic heterocycles. The van der Waals surface area contributed by atoms with Crippen LogP contribution in [0.15, 0.2) is 0 Å². The van der Waals surface area contributed by atoms with Gasteiger partial charge in [0.2, 0.25) is 5.91 Å². The summed E-state index contributed by atoms with van der Waals surface area (Å²) in [7, 11) is -2.16. The number of hydrogen-bond acceptors (Lipinski definition) is 4. The molecule has 23 heavy (non-hydrogen) atoms. The zero-order valence-corrected chi connectivity index (χ0v) is 15.8. The van der Waals surface area contributed by atoms with Crippen LogP contribution in [-0.4, -0.2) is 48.5 Å². The predicted octanol–water partition coefficient (Wildman–Crippen LogP) is 1.69. The van der Waals surface area contributed by atoms with Crippen LogP contribution >= 0.6 is 0 Å². The van der Waals surface area contributed by atoms with Gasteiger partial charge in [-0.3, -0.25) is 14.4 Å². The summed E-state index contributed by atoms with van der Waals surface area (Å²) in [5.74, 6) is -4.10. The van der Waals surface area contributed by atoms with Gasteiger partial charge in [-0.2, -0.15) is 0 Å². The van der Waals surface area contributed by atoms with E-state index in [1.807, 2.05) is 13.1 Å². The average Bonchev–Trinajstić information content (AvgIpc) is 2.31. The number of carboxylic acids is 2. The zero-order valence-electron chi connectivity index (χ0n) is 14.8. The topological polar surface area (TPSA) is 113 Å². The van der Waals surface area contributed by atoms with Crippen LogP contribution in [0.1, 0.15) is 34.6 Å². The van der Waals surface area contributed by atoms with Crippen LogP contribution in [0.2, 0.25) is 18.1 Å². The van der Waals surface area contributed by atoms with E-state index in [2.05, 4.69) is 26.1 Å². The molecular formula is C15H27NO6Si. The molecule has 132 valence electrons. The van der Waals surface area contributed by atoms with Crippen molar-refractivity contribution < 1.29 is 29.0 Å². The molecule has 1 heterocycles. The number of carbonyl (C=O) groups is 3. The van der Waals surface area contributed by atoms with Crippen molar-refractivity contribution in [2.45, 2.75) is 64.9 Å². The summed E-state index contributed by atoms with van der Waals surface area (Å²) < 4.78 is 6.15. The third kappa shape index (κ3) is 3.28. The smallest absolute Gasteiger partial charge is 0.322 e. The minimum Gasteiger partial charge on any atom is -0.480 e. The minimum absolute atomic E-state index is 0.0696. The molecular weight excluding hydrogens is 318 g/mol. The Hall–Kier alpha value is -1.41. The van der Waals surface area contributed by atoms with Crippen molar-refractivity contribution in [2.24, 2.45) is 11.3 Å². The second-order valence-corrected chi connectivity index (χ2v) is 12.7. The average molecular weight is 345 g/mol. The Morgan fingerprint density at radius 1 is 1.17 bits per heavy atom. The van der Waals surface area contributed by atoms with Crippen LogP contribution in [0.3, 0.4) is 0 Å². The lowest BCUT2D eigenvalue weighted by atomic mass is 9.69. The summed E-state index contributed by atoms with van der Waals surface area (Å²) in [5.41, 5.74) is -2.08. The lowest BCUT2D eigenvalue weighted by Gasteiger charge is -2.48. The molecule has 0 bridgehead atoms. The third-order valence-electron chi connectivity index (χ3n) is 5.26. The van der Waals surface area contributed by atoms with Crippen LogP contribution in [0.5, 0.6) is 0 Å². The Morgan fingerprint density at radius 2 is 1.61 bits per heavy atom. The summed E-state index contributed by atoms with van der Waals surface area (Å²) in [6.07, 6.45) is -0.548. The van der Waals surface area contributed by atoms with Crippen molar-refractivity contribution in [1.29, 1.82) is 0 Å². The Morgan fingerprint density at radius 3 is 1.91 bits per heavy atom. The van der Waals surface area contributed by atoms with Crippen molar-refractivity contribution in [2.75, 3.05) is 0 Å². The standard InChI is InChI=1S/C15H27NO6Si/c1-8(22-23(6,7)14(2,3)4)9-10(16-11(9)17)15(5,12(18)19)13(20)21/h8-10H,1-7H3,(H,16,17)(H,18,19)(H,20,21)/t8-,9?,10?/m1/s1. The highest BCUT2D eigenvalue weighted by Gasteiger charge is 2.61. The fourth-order valence-electron chi connectivity index (χ4n) is 2.45. The van der Waals surface area contributed by atoms with Gasteiger partial charge in [-0.25, -0.2) is 0 Å². The second kappa shape index (κ2) is 5.90. The Kier molecular flexibility index (Phi) is 5.04. The third-order valence-corrected chi connectivity index (χ3v) is 9.84. The van der Waals surface area contributed by atoms with Crippen LogP contribution in [0.25, 0.3) is 0 Å². The molecule has 0 aliphatic carbocycles. The monoisotopic (exact) mass is 345 g/mol. The number of aliphatic carboxylic acids is 2. The van der Waals surface area contributed by atoms with Crippen LogP contribution in [0.4, 0.5) is 0 Å². The van der Waals surface area contributed by atoms with E-state index in [0.717, 1.165) is 6.92 Å². The molecule has 3 atom stereocenters. The molecule has 0 radical (unpaired) electrons. The summed E-state index contributed by atoms with van der Waals surface area (Å²) >= 11 is 0. The molecule has 1 fully saturated rings. The predicted molar refractivity (Wildman–Crippen MR) is 86.5 cm³/mol. The van der Waals surface area contributed by atoms with Gasteiger partial charge in [-0.15, -0.1) is 0 Å². The SMILES string of the molecule is C[C@@H](O[Si](C)(C)C(C)(C)C)C1C(=O)NC1C(C)(C(=O)O)C(=O)O. The quantitative estimate of drug-likeness (QED) is 0.383. The highest BCUT2D eigenvalue weighted by atomic mass is 28.4.